The molecule has 2 nitrogen and oxygen atoms in total. The van der Waals surface area contributed by atoms with Gasteiger partial charge in [-0.2, -0.15) is 0 Å². The van der Waals surface area contributed by atoms with Crippen LogP contribution < -0.4 is 5.32 Å². The van der Waals surface area contributed by atoms with Crippen LogP contribution in [0.2, 0.25) is 0 Å². The molecule has 1 aromatic rings. The number of rotatable bonds is 4. The summed E-state index contributed by atoms with van der Waals surface area (Å²) in [5.41, 5.74) is 1.11. The molecule has 1 fully saturated rings. The summed E-state index contributed by atoms with van der Waals surface area (Å²) in [6.45, 7) is 2.78. The van der Waals surface area contributed by atoms with Gasteiger partial charge in [0.05, 0.1) is 0 Å². The average molecular weight is 296 g/mol. The third-order valence-electron chi connectivity index (χ3n) is 3.87. The number of halogens is 1. The molecule has 0 amide bonds. The van der Waals surface area contributed by atoms with E-state index < -0.39 is 9.39 Å². The fourth-order valence-corrected chi connectivity index (χ4v) is 4.94. The Hall–Kier alpha value is -0.840. The smallest absolute Gasteiger partial charge is 0.124 e. The zero-order chi connectivity index (χ0) is 14.6. The fraction of sp³-hybridized carbons (Fsp3) is 0.500. The third-order valence-corrected chi connectivity index (χ3v) is 6.42. The molecule has 112 valence electrons. The molecule has 0 aliphatic carbocycles. The summed E-state index contributed by atoms with van der Waals surface area (Å²) in [7, 11) is 0.298. The van der Waals surface area contributed by atoms with Gasteiger partial charge in [-0.1, -0.05) is 30.6 Å². The first-order valence-corrected chi connectivity index (χ1v) is 9.16. The topological polar surface area (TPSA) is 15.3 Å². The Balaban J connectivity index is 2.39. The molecular weight excluding hydrogens is 271 g/mol. The van der Waals surface area contributed by atoms with Crippen molar-refractivity contribution >= 4 is 21.1 Å². The van der Waals surface area contributed by atoms with E-state index in [1.54, 1.807) is 6.07 Å². The average Bonchev–Trinajstić information content (AvgIpc) is 2.70. The lowest BCUT2D eigenvalue weighted by molar-refractivity contribution is 0.486. The van der Waals surface area contributed by atoms with E-state index in [1.807, 2.05) is 13.1 Å². The van der Waals surface area contributed by atoms with Crippen LogP contribution in [0.1, 0.15) is 31.2 Å². The number of nitrogens with one attached hydrogen (secondary N) is 1. The Morgan fingerprint density at radius 1 is 1.20 bits per heavy atom. The Labute approximate surface area is 122 Å². The first-order valence-electron chi connectivity index (χ1n) is 7.23. The second kappa shape index (κ2) is 6.74. The lowest BCUT2D eigenvalue weighted by atomic mass is 10.2. The highest BCUT2D eigenvalue weighted by Crippen LogP contribution is 2.40. The SMILES string of the molecule is C=S(=C)(c1cc(F)ccc1CNC)N1CCCCCC1. The monoisotopic (exact) mass is 296 g/mol. The van der Waals surface area contributed by atoms with Crippen molar-refractivity contribution in [1.29, 1.82) is 0 Å². The van der Waals surface area contributed by atoms with Crippen LogP contribution in [0.3, 0.4) is 0 Å². The van der Waals surface area contributed by atoms with Crippen molar-refractivity contribution in [3.63, 3.8) is 0 Å². The molecule has 20 heavy (non-hydrogen) atoms. The van der Waals surface area contributed by atoms with E-state index in [4.69, 9.17) is 0 Å². The Morgan fingerprint density at radius 2 is 1.85 bits per heavy atom. The molecular formula is C16H25FN2S. The van der Waals surface area contributed by atoms with Gasteiger partial charge in [0.1, 0.15) is 5.82 Å². The molecule has 0 radical (unpaired) electrons. The number of nitrogens with zero attached hydrogens (tertiary/aromatic N) is 1. The molecule has 1 aromatic carbocycles. The molecule has 4 heteroatoms. The van der Waals surface area contributed by atoms with Gasteiger partial charge in [-0.05, 0) is 37.6 Å². The Bertz CT molecular complexity index is 544. The van der Waals surface area contributed by atoms with Gasteiger partial charge in [0.25, 0.3) is 0 Å². The van der Waals surface area contributed by atoms with Crippen molar-refractivity contribution in [3.05, 3.63) is 29.6 Å². The van der Waals surface area contributed by atoms with Gasteiger partial charge in [-0.15, -0.1) is 9.39 Å². The maximum absolute atomic E-state index is 13.7. The summed E-state index contributed by atoms with van der Waals surface area (Å²) in [4.78, 5) is 0.980. The number of hydrogen-bond acceptors (Lipinski definition) is 2. The van der Waals surface area contributed by atoms with Crippen LogP contribution in [0.25, 0.3) is 0 Å². The van der Waals surface area contributed by atoms with Gasteiger partial charge in [-0.3, -0.25) is 4.31 Å². The minimum Gasteiger partial charge on any atom is -0.316 e. The van der Waals surface area contributed by atoms with Crippen LogP contribution in [-0.4, -0.2) is 36.2 Å². The zero-order valence-corrected chi connectivity index (χ0v) is 13.1. The molecule has 0 atom stereocenters. The Kier molecular flexibility index (Phi) is 5.24. The normalized spacial score (nSPS) is 17.9. The quantitative estimate of drug-likeness (QED) is 0.857. The molecule has 1 heterocycles. The second-order valence-corrected chi connectivity index (χ2v) is 8.11. The van der Waals surface area contributed by atoms with Crippen LogP contribution in [0.15, 0.2) is 23.1 Å². The maximum Gasteiger partial charge on any atom is 0.124 e. The Morgan fingerprint density at radius 3 is 2.45 bits per heavy atom. The summed E-state index contributed by atoms with van der Waals surface area (Å²) in [6, 6.07) is 5.01. The van der Waals surface area contributed by atoms with Crippen LogP contribution in [0.4, 0.5) is 4.39 Å². The standard InChI is InChI=1S/C16H25FN2S/c1-18-13-14-8-9-15(17)12-16(14)20(2,3)19-10-6-4-5-7-11-19/h8-9,12,18H,2-7,10-11,13H2,1H3. The molecule has 0 spiro atoms. The first-order chi connectivity index (χ1) is 9.55. The van der Waals surface area contributed by atoms with Gasteiger partial charge in [-0.25, -0.2) is 4.39 Å². The first kappa shape index (κ1) is 15.5. The van der Waals surface area contributed by atoms with Gasteiger partial charge < -0.3 is 5.32 Å². The molecule has 1 aliphatic rings. The van der Waals surface area contributed by atoms with E-state index in [2.05, 4.69) is 21.4 Å². The van der Waals surface area contributed by atoms with Crippen molar-refractivity contribution in [2.24, 2.45) is 0 Å². The van der Waals surface area contributed by atoms with Crippen molar-refractivity contribution in [1.82, 2.24) is 9.62 Å². The van der Waals surface area contributed by atoms with Gasteiger partial charge >= 0.3 is 0 Å². The van der Waals surface area contributed by atoms with E-state index in [-0.39, 0.29) is 5.82 Å². The minimum absolute atomic E-state index is 0.196. The van der Waals surface area contributed by atoms with Crippen LogP contribution in [0, 0.1) is 5.82 Å². The summed E-state index contributed by atoms with van der Waals surface area (Å²) in [6.07, 6.45) is 4.93. The predicted molar refractivity (Wildman–Crippen MR) is 89.3 cm³/mol. The molecule has 0 unspecified atom stereocenters. The van der Waals surface area contributed by atoms with E-state index >= 15 is 0 Å². The van der Waals surface area contributed by atoms with E-state index in [1.165, 1.54) is 31.7 Å². The fourth-order valence-electron chi connectivity index (χ4n) is 2.75. The highest BCUT2D eigenvalue weighted by atomic mass is 32.2. The van der Waals surface area contributed by atoms with Gasteiger partial charge in [0, 0.05) is 24.5 Å². The van der Waals surface area contributed by atoms with Crippen molar-refractivity contribution in [3.8, 4) is 0 Å². The van der Waals surface area contributed by atoms with E-state index in [0.29, 0.717) is 0 Å². The van der Waals surface area contributed by atoms with E-state index in [0.717, 1.165) is 30.1 Å². The van der Waals surface area contributed by atoms with Crippen LogP contribution >= 0.6 is 9.39 Å². The molecule has 0 saturated carbocycles. The highest BCUT2D eigenvalue weighted by Gasteiger charge is 2.18. The van der Waals surface area contributed by atoms with Crippen molar-refractivity contribution < 1.29 is 4.39 Å². The molecule has 1 saturated heterocycles. The number of benzene rings is 1. The van der Waals surface area contributed by atoms with Gasteiger partial charge in [0.2, 0.25) is 0 Å². The molecule has 0 bridgehead atoms. The van der Waals surface area contributed by atoms with Crippen molar-refractivity contribution in [2.45, 2.75) is 37.1 Å². The van der Waals surface area contributed by atoms with Crippen LogP contribution in [-0.2, 0) is 6.54 Å². The maximum atomic E-state index is 13.7. The molecule has 1 aliphatic heterocycles. The largest absolute Gasteiger partial charge is 0.316 e. The van der Waals surface area contributed by atoms with E-state index in [9.17, 15) is 4.39 Å². The summed E-state index contributed by atoms with van der Waals surface area (Å²) >= 11 is 0. The van der Waals surface area contributed by atoms with Crippen LogP contribution in [0.5, 0.6) is 0 Å². The summed E-state index contributed by atoms with van der Waals surface area (Å²) < 4.78 is 16.1. The number of hydrogen-bond donors (Lipinski definition) is 1. The lowest BCUT2D eigenvalue weighted by Gasteiger charge is -2.31. The third kappa shape index (κ3) is 3.43. The van der Waals surface area contributed by atoms with Crippen molar-refractivity contribution in [2.75, 3.05) is 20.1 Å². The minimum atomic E-state index is -1.61. The summed E-state index contributed by atoms with van der Waals surface area (Å²) in [5, 5.41) is 3.15. The molecule has 2 rings (SSSR count). The zero-order valence-electron chi connectivity index (χ0n) is 12.3. The molecule has 0 aromatic heterocycles. The summed E-state index contributed by atoms with van der Waals surface area (Å²) in [5.74, 6) is 8.59. The highest BCUT2D eigenvalue weighted by molar-refractivity contribution is 8.25. The predicted octanol–water partition coefficient (Wildman–Crippen LogP) is 3.36. The lowest BCUT2D eigenvalue weighted by Crippen LogP contribution is -2.22. The molecule has 1 N–H and O–H groups in total. The van der Waals surface area contributed by atoms with Gasteiger partial charge in [0.15, 0.2) is 0 Å². The second-order valence-electron chi connectivity index (χ2n) is 5.47.